The minimum Gasteiger partial charge on any atom is -0.463 e. The lowest BCUT2D eigenvalue weighted by Crippen LogP contribution is -2.39. The second kappa shape index (κ2) is 3.98. The fraction of sp³-hybridized carbons (Fsp3) is 0.273. The predicted octanol–water partition coefficient (Wildman–Crippen LogP) is 2.15. The Morgan fingerprint density at radius 1 is 1.60 bits per heavy atom. The maximum Gasteiger partial charge on any atom is 0.230 e. The number of anilines is 1. The van der Waals surface area contributed by atoms with Gasteiger partial charge in [-0.15, -0.1) is 0 Å². The summed E-state index contributed by atoms with van der Waals surface area (Å²) >= 11 is 4.86. The van der Waals surface area contributed by atoms with Crippen molar-refractivity contribution in [2.75, 3.05) is 4.90 Å². The van der Waals surface area contributed by atoms with Crippen molar-refractivity contribution in [1.82, 2.24) is 0 Å². The minimum atomic E-state index is -0.440. The largest absolute Gasteiger partial charge is 0.463 e. The Kier molecular flexibility index (Phi) is 2.68. The first-order chi connectivity index (χ1) is 7.27. The van der Waals surface area contributed by atoms with E-state index in [0.717, 1.165) is 5.69 Å². The highest BCUT2D eigenvalue weighted by Crippen LogP contribution is 2.36. The SMILES string of the molecule is CCC(=O)N1c2ccccc2OC1C=S. The van der Waals surface area contributed by atoms with Crippen molar-refractivity contribution in [2.45, 2.75) is 19.6 Å². The van der Waals surface area contributed by atoms with Crippen LogP contribution in [0.4, 0.5) is 5.69 Å². The molecule has 4 heteroatoms. The lowest BCUT2D eigenvalue weighted by atomic mass is 10.2. The highest BCUT2D eigenvalue weighted by molar-refractivity contribution is 7.79. The van der Waals surface area contributed by atoms with Crippen LogP contribution >= 0.6 is 12.2 Å². The molecule has 3 nitrogen and oxygen atoms in total. The Labute approximate surface area is 93.6 Å². The summed E-state index contributed by atoms with van der Waals surface area (Å²) in [4.78, 5) is 13.3. The minimum absolute atomic E-state index is 0.0195. The first kappa shape index (κ1) is 10.1. The summed E-state index contributed by atoms with van der Waals surface area (Å²) in [6, 6.07) is 7.45. The van der Waals surface area contributed by atoms with Crippen LogP contribution in [-0.2, 0) is 4.79 Å². The number of ether oxygens (including phenoxy) is 1. The second-order valence-corrected chi connectivity index (χ2v) is 3.50. The molecule has 1 amide bonds. The molecule has 1 aliphatic rings. The number of benzene rings is 1. The number of para-hydroxylation sites is 2. The number of rotatable bonds is 2. The average Bonchev–Trinajstić information content (AvgIpc) is 2.66. The molecule has 0 fully saturated rings. The van der Waals surface area contributed by atoms with E-state index >= 15 is 0 Å². The Morgan fingerprint density at radius 3 is 3.00 bits per heavy atom. The van der Waals surface area contributed by atoms with Crippen molar-refractivity contribution < 1.29 is 9.53 Å². The van der Waals surface area contributed by atoms with E-state index in [2.05, 4.69) is 0 Å². The van der Waals surface area contributed by atoms with Crippen LogP contribution < -0.4 is 9.64 Å². The molecule has 2 rings (SSSR count). The zero-order valence-corrected chi connectivity index (χ0v) is 9.16. The fourth-order valence-corrected chi connectivity index (χ4v) is 1.79. The first-order valence-electron chi connectivity index (χ1n) is 4.81. The van der Waals surface area contributed by atoms with Crippen molar-refractivity contribution in [2.24, 2.45) is 0 Å². The summed E-state index contributed by atoms with van der Waals surface area (Å²) in [5, 5.41) is 1.47. The van der Waals surface area contributed by atoms with Crippen LogP contribution in [0.2, 0.25) is 0 Å². The molecule has 0 saturated carbocycles. The average molecular weight is 221 g/mol. The van der Waals surface area contributed by atoms with Crippen molar-refractivity contribution in [3.05, 3.63) is 24.3 Å². The third-order valence-corrected chi connectivity index (χ3v) is 2.55. The van der Waals surface area contributed by atoms with Crippen LogP contribution in [0.1, 0.15) is 13.3 Å². The van der Waals surface area contributed by atoms with Crippen LogP contribution in [0.15, 0.2) is 24.3 Å². The highest BCUT2D eigenvalue weighted by atomic mass is 32.1. The topological polar surface area (TPSA) is 29.5 Å². The summed E-state index contributed by atoms with van der Waals surface area (Å²) in [6.45, 7) is 1.82. The second-order valence-electron chi connectivity index (χ2n) is 3.23. The molecule has 0 aromatic heterocycles. The molecule has 1 aromatic rings. The van der Waals surface area contributed by atoms with Crippen LogP contribution in [-0.4, -0.2) is 17.5 Å². The van der Waals surface area contributed by atoms with Gasteiger partial charge < -0.3 is 4.74 Å². The van der Waals surface area contributed by atoms with Gasteiger partial charge in [0, 0.05) is 11.8 Å². The van der Waals surface area contributed by atoms with E-state index in [0.29, 0.717) is 12.2 Å². The number of nitrogens with zero attached hydrogens (tertiary/aromatic N) is 1. The zero-order valence-electron chi connectivity index (χ0n) is 8.34. The first-order valence-corrected chi connectivity index (χ1v) is 5.28. The standard InChI is InChI=1S/C11H11NO2S/c1-2-10(13)12-8-5-3-4-6-9(8)14-11(12)7-15/h3-7,11H,2H2,1H3. The molecule has 1 unspecified atom stereocenters. The molecular weight excluding hydrogens is 210 g/mol. The zero-order chi connectivity index (χ0) is 10.8. The molecule has 0 N–H and O–H groups in total. The Morgan fingerprint density at radius 2 is 2.33 bits per heavy atom. The predicted molar refractivity (Wildman–Crippen MR) is 62.3 cm³/mol. The van der Waals surface area contributed by atoms with Gasteiger partial charge in [0.2, 0.25) is 12.1 Å². The van der Waals surface area contributed by atoms with Gasteiger partial charge in [0.25, 0.3) is 0 Å². The summed E-state index contributed by atoms with van der Waals surface area (Å²) in [7, 11) is 0. The molecule has 1 heterocycles. The van der Waals surface area contributed by atoms with Crippen molar-refractivity contribution >= 4 is 29.2 Å². The molecule has 0 spiro atoms. The molecule has 0 radical (unpaired) electrons. The Balaban J connectivity index is 2.42. The molecular formula is C11H11NO2S. The van der Waals surface area contributed by atoms with E-state index < -0.39 is 6.23 Å². The third kappa shape index (κ3) is 1.61. The van der Waals surface area contributed by atoms with Crippen LogP contribution in [0, 0.1) is 0 Å². The van der Waals surface area contributed by atoms with Gasteiger partial charge in [-0.05, 0) is 12.1 Å². The number of carbonyl (C=O) groups excluding carboxylic acids is 1. The van der Waals surface area contributed by atoms with E-state index in [4.69, 9.17) is 17.0 Å². The molecule has 15 heavy (non-hydrogen) atoms. The Hall–Kier alpha value is -1.42. The maximum atomic E-state index is 11.7. The van der Waals surface area contributed by atoms with Gasteiger partial charge in [-0.2, -0.15) is 0 Å². The van der Waals surface area contributed by atoms with E-state index in [-0.39, 0.29) is 5.91 Å². The molecule has 1 atom stereocenters. The van der Waals surface area contributed by atoms with E-state index in [1.807, 2.05) is 31.2 Å². The van der Waals surface area contributed by atoms with Crippen molar-refractivity contribution in [1.29, 1.82) is 0 Å². The van der Waals surface area contributed by atoms with Crippen molar-refractivity contribution in [3.63, 3.8) is 0 Å². The number of amides is 1. The van der Waals surface area contributed by atoms with Gasteiger partial charge in [-0.25, -0.2) is 0 Å². The normalized spacial score (nSPS) is 18.2. The van der Waals surface area contributed by atoms with E-state index in [1.54, 1.807) is 4.90 Å². The van der Waals surface area contributed by atoms with E-state index in [9.17, 15) is 4.79 Å². The highest BCUT2D eigenvalue weighted by Gasteiger charge is 2.32. The summed E-state index contributed by atoms with van der Waals surface area (Å²) < 4.78 is 5.54. The number of thiocarbonyl (C=S) groups is 1. The third-order valence-electron chi connectivity index (χ3n) is 2.31. The summed E-state index contributed by atoms with van der Waals surface area (Å²) in [6.07, 6.45) is 0.00188. The van der Waals surface area contributed by atoms with Crippen molar-refractivity contribution in [3.8, 4) is 5.75 Å². The summed E-state index contributed by atoms with van der Waals surface area (Å²) in [5.74, 6) is 0.733. The molecule has 1 aliphatic heterocycles. The lowest BCUT2D eigenvalue weighted by molar-refractivity contribution is -0.118. The monoisotopic (exact) mass is 221 g/mol. The summed E-state index contributed by atoms with van der Waals surface area (Å²) in [5.41, 5.74) is 0.801. The van der Waals surface area contributed by atoms with Gasteiger partial charge in [-0.1, -0.05) is 31.3 Å². The maximum absolute atomic E-state index is 11.7. The molecule has 0 aliphatic carbocycles. The van der Waals surface area contributed by atoms with Gasteiger partial charge in [0.15, 0.2) is 0 Å². The smallest absolute Gasteiger partial charge is 0.230 e. The molecule has 1 aromatic carbocycles. The van der Waals surface area contributed by atoms with Gasteiger partial charge in [-0.3, -0.25) is 9.69 Å². The number of hydrogen-bond donors (Lipinski definition) is 0. The van der Waals surface area contributed by atoms with Crippen LogP contribution in [0.3, 0.4) is 0 Å². The number of hydrogen-bond acceptors (Lipinski definition) is 3. The van der Waals surface area contributed by atoms with E-state index in [1.165, 1.54) is 5.37 Å². The lowest BCUT2D eigenvalue weighted by Gasteiger charge is -2.19. The molecule has 0 bridgehead atoms. The van der Waals surface area contributed by atoms with Gasteiger partial charge in [0.1, 0.15) is 5.75 Å². The number of carbonyl (C=O) groups is 1. The quantitative estimate of drug-likeness (QED) is 0.717. The Bertz CT molecular complexity index is 405. The van der Waals surface area contributed by atoms with Gasteiger partial charge >= 0.3 is 0 Å². The molecule has 78 valence electrons. The molecule has 0 saturated heterocycles. The van der Waals surface area contributed by atoms with Gasteiger partial charge in [0.05, 0.1) is 5.69 Å². The fourth-order valence-electron chi connectivity index (χ4n) is 1.61. The number of fused-ring (bicyclic) bond motifs is 1. The van der Waals surface area contributed by atoms with Crippen LogP contribution in [0.25, 0.3) is 0 Å². The van der Waals surface area contributed by atoms with Crippen LogP contribution in [0.5, 0.6) is 5.75 Å².